The Morgan fingerprint density at radius 1 is 0.966 bits per heavy atom. The fourth-order valence-corrected chi connectivity index (χ4v) is 3.65. The Labute approximate surface area is 171 Å². The number of rotatable bonds is 6. The van der Waals surface area contributed by atoms with Gasteiger partial charge >= 0.3 is 0 Å². The first-order valence-electron chi connectivity index (χ1n) is 8.96. The molecule has 2 amide bonds. The molecule has 0 saturated carbocycles. The van der Waals surface area contributed by atoms with Crippen molar-refractivity contribution in [2.45, 2.75) is 13.5 Å². The predicted octanol–water partition coefficient (Wildman–Crippen LogP) is 5.34. The van der Waals surface area contributed by atoms with E-state index in [0.29, 0.717) is 22.2 Å². The summed E-state index contributed by atoms with van der Waals surface area (Å²) in [6, 6.07) is 18.0. The SMILES string of the molecule is Cc1ccc(N(Cc2ccco2)C(=O)c2ccc(NC(=O)c3ccco3)s2)cc1. The number of aryl methyl sites for hydroxylation is 1. The second-order valence-electron chi connectivity index (χ2n) is 6.40. The normalized spacial score (nSPS) is 10.7. The average molecular weight is 406 g/mol. The minimum atomic E-state index is -0.359. The van der Waals surface area contributed by atoms with E-state index in [1.54, 1.807) is 41.5 Å². The van der Waals surface area contributed by atoms with Gasteiger partial charge in [-0.1, -0.05) is 17.7 Å². The highest BCUT2D eigenvalue weighted by atomic mass is 32.1. The molecule has 3 heterocycles. The van der Waals surface area contributed by atoms with Crippen LogP contribution in [0.3, 0.4) is 0 Å². The van der Waals surface area contributed by atoms with Gasteiger partial charge in [0.15, 0.2) is 5.76 Å². The molecular formula is C22H18N2O4S. The Morgan fingerprint density at radius 2 is 1.72 bits per heavy atom. The Bertz CT molecular complexity index is 1100. The van der Waals surface area contributed by atoms with Crippen LogP contribution in [0.5, 0.6) is 0 Å². The lowest BCUT2D eigenvalue weighted by Crippen LogP contribution is -2.29. The number of amides is 2. The van der Waals surface area contributed by atoms with E-state index in [2.05, 4.69) is 5.32 Å². The van der Waals surface area contributed by atoms with Gasteiger partial charge in [0.1, 0.15) is 5.76 Å². The quantitative estimate of drug-likeness (QED) is 0.469. The lowest BCUT2D eigenvalue weighted by molar-refractivity contribution is 0.0983. The van der Waals surface area contributed by atoms with Gasteiger partial charge in [-0.3, -0.25) is 9.59 Å². The molecule has 0 bridgehead atoms. The van der Waals surface area contributed by atoms with Crippen LogP contribution in [0, 0.1) is 6.92 Å². The molecule has 0 unspecified atom stereocenters. The summed E-state index contributed by atoms with van der Waals surface area (Å²) in [7, 11) is 0. The van der Waals surface area contributed by atoms with Crippen molar-refractivity contribution in [3.63, 3.8) is 0 Å². The molecule has 0 radical (unpaired) electrons. The van der Waals surface area contributed by atoms with E-state index in [-0.39, 0.29) is 17.6 Å². The van der Waals surface area contributed by atoms with Gasteiger partial charge < -0.3 is 19.1 Å². The zero-order valence-electron chi connectivity index (χ0n) is 15.6. The van der Waals surface area contributed by atoms with Gasteiger partial charge in [-0.2, -0.15) is 0 Å². The van der Waals surface area contributed by atoms with Crippen molar-refractivity contribution < 1.29 is 18.4 Å². The zero-order valence-corrected chi connectivity index (χ0v) is 16.4. The van der Waals surface area contributed by atoms with Crippen molar-refractivity contribution in [3.8, 4) is 0 Å². The van der Waals surface area contributed by atoms with Crippen LogP contribution in [0.4, 0.5) is 10.7 Å². The first-order valence-corrected chi connectivity index (χ1v) is 9.77. The largest absolute Gasteiger partial charge is 0.467 e. The molecule has 6 nitrogen and oxygen atoms in total. The summed E-state index contributed by atoms with van der Waals surface area (Å²) in [6.07, 6.45) is 3.02. The molecule has 1 aromatic carbocycles. The van der Waals surface area contributed by atoms with E-state index < -0.39 is 0 Å². The van der Waals surface area contributed by atoms with Crippen molar-refractivity contribution in [1.29, 1.82) is 0 Å². The van der Waals surface area contributed by atoms with E-state index in [1.807, 2.05) is 37.3 Å². The molecule has 0 atom stereocenters. The number of thiophene rings is 1. The third-order valence-electron chi connectivity index (χ3n) is 4.28. The van der Waals surface area contributed by atoms with Crippen LogP contribution in [0.2, 0.25) is 0 Å². The molecule has 29 heavy (non-hydrogen) atoms. The third kappa shape index (κ3) is 4.30. The number of nitrogens with one attached hydrogen (secondary N) is 1. The Kier molecular flexibility index (Phi) is 5.31. The molecule has 1 N–H and O–H groups in total. The van der Waals surface area contributed by atoms with Gasteiger partial charge in [0.25, 0.3) is 11.8 Å². The monoisotopic (exact) mass is 406 g/mol. The van der Waals surface area contributed by atoms with Gasteiger partial charge in [0.2, 0.25) is 0 Å². The van der Waals surface area contributed by atoms with Crippen LogP contribution in [-0.2, 0) is 6.54 Å². The van der Waals surface area contributed by atoms with Gasteiger partial charge in [-0.25, -0.2) is 0 Å². The van der Waals surface area contributed by atoms with Gasteiger partial charge in [0.05, 0.1) is 28.9 Å². The lowest BCUT2D eigenvalue weighted by Gasteiger charge is -2.21. The number of furan rings is 2. The first-order chi connectivity index (χ1) is 14.1. The highest BCUT2D eigenvalue weighted by Crippen LogP contribution is 2.27. The first kappa shape index (κ1) is 18.8. The van der Waals surface area contributed by atoms with Crippen LogP contribution in [0.1, 0.15) is 31.6 Å². The summed E-state index contributed by atoms with van der Waals surface area (Å²) in [5.41, 5.74) is 1.88. The minimum absolute atomic E-state index is 0.172. The Hall–Kier alpha value is -3.58. The highest BCUT2D eigenvalue weighted by molar-refractivity contribution is 7.18. The molecular weight excluding hydrogens is 388 g/mol. The molecule has 0 spiro atoms. The maximum absolute atomic E-state index is 13.2. The number of nitrogens with zero attached hydrogens (tertiary/aromatic N) is 1. The summed E-state index contributed by atoms with van der Waals surface area (Å²) in [4.78, 5) is 27.6. The van der Waals surface area contributed by atoms with Gasteiger partial charge in [0, 0.05) is 5.69 Å². The smallest absolute Gasteiger partial charge is 0.291 e. The van der Waals surface area contributed by atoms with Gasteiger partial charge in [-0.15, -0.1) is 11.3 Å². The topological polar surface area (TPSA) is 75.7 Å². The molecule has 4 aromatic rings. The number of carbonyl (C=O) groups is 2. The van der Waals surface area contributed by atoms with Gasteiger partial charge in [-0.05, 0) is 55.5 Å². The molecule has 7 heteroatoms. The number of anilines is 2. The zero-order chi connectivity index (χ0) is 20.2. The van der Waals surface area contributed by atoms with Crippen LogP contribution in [0.25, 0.3) is 0 Å². The Morgan fingerprint density at radius 3 is 2.41 bits per heavy atom. The highest BCUT2D eigenvalue weighted by Gasteiger charge is 2.21. The van der Waals surface area contributed by atoms with E-state index in [0.717, 1.165) is 11.3 Å². The van der Waals surface area contributed by atoms with E-state index >= 15 is 0 Å². The van der Waals surface area contributed by atoms with E-state index in [9.17, 15) is 9.59 Å². The summed E-state index contributed by atoms with van der Waals surface area (Å²) in [5.74, 6) is 0.364. The van der Waals surface area contributed by atoms with Crippen LogP contribution >= 0.6 is 11.3 Å². The molecule has 146 valence electrons. The van der Waals surface area contributed by atoms with Crippen LogP contribution in [0.15, 0.2) is 82.0 Å². The molecule has 4 rings (SSSR count). The molecule has 0 fully saturated rings. The minimum Gasteiger partial charge on any atom is -0.467 e. The maximum atomic E-state index is 13.2. The van der Waals surface area contributed by atoms with Crippen molar-refractivity contribution in [2.75, 3.05) is 10.2 Å². The summed E-state index contributed by atoms with van der Waals surface area (Å²) < 4.78 is 10.5. The molecule has 0 aliphatic heterocycles. The molecule has 0 saturated heterocycles. The Balaban J connectivity index is 1.56. The second kappa shape index (κ2) is 8.20. The maximum Gasteiger partial charge on any atom is 0.291 e. The summed E-state index contributed by atoms with van der Waals surface area (Å²) in [6.45, 7) is 2.30. The molecule has 0 aliphatic carbocycles. The number of carbonyl (C=O) groups excluding carboxylic acids is 2. The second-order valence-corrected chi connectivity index (χ2v) is 7.49. The number of benzene rings is 1. The molecule has 3 aromatic heterocycles. The number of hydrogen-bond acceptors (Lipinski definition) is 5. The fourth-order valence-electron chi connectivity index (χ4n) is 2.80. The van der Waals surface area contributed by atoms with E-state index in [1.165, 1.54) is 17.6 Å². The fraction of sp³-hybridized carbons (Fsp3) is 0.0909. The van der Waals surface area contributed by atoms with Crippen molar-refractivity contribution in [2.24, 2.45) is 0 Å². The van der Waals surface area contributed by atoms with Crippen LogP contribution in [-0.4, -0.2) is 11.8 Å². The van der Waals surface area contributed by atoms with Crippen molar-refractivity contribution in [3.05, 3.63) is 95.2 Å². The number of hydrogen-bond donors (Lipinski definition) is 1. The molecule has 0 aliphatic rings. The van der Waals surface area contributed by atoms with Crippen molar-refractivity contribution in [1.82, 2.24) is 0 Å². The predicted molar refractivity (Wildman–Crippen MR) is 111 cm³/mol. The van der Waals surface area contributed by atoms with Crippen LogP contribution < -0.4 is 10.2 Å². The standard InChI is InChI=1S/C22H18N2O4S/c1-15-6-8-16(9-7-15)24(14-17-4-2-12-27-17)22(26)19-10-11-20(29-19)23-21(25)18-5-3-13-28-18/h2-13H,14H2,1H3,(H,23,25). The summed E-state index contributed by atoms with van der Waals surface area (Å²) in [5, 5.41) is 3.31. The third-order valence-corrected chi connectivity index (χ3v) is 5.27. The average Bonchev–Trinajstić information content (AvgIpc) is 3.48. The lowest BCUT2D eigenvalue weighted by atomic mass is 10.2. The summed E-state index contributed by atoms with van der Waals surface area (Å²) >= 11 is 1.21. The van der Waals surface area contributed by atoms with E-state index in [4.69, 9.17) is 8.83 Å². The van der Waals surface area contributed by atoms with Crippen molar-refractivity contribution >= 4 is 33.8 Å².